The summed E-state index contributed by atoms with van der Waals surface area (Å²) in [6.45, 7) is 1.42. The number of H-pyrrole nitrogens is 1. The second kappa shape index (κ2) is 9.92. The maximum atomic E-state index is 13.8. The Hall–Kier alpha value is -3.64. The smallest absolute Gasteiger partial charge is 0.230 e. The summed E-state index contributed by atoms with van der Waals surface area (Å²) >= 11 is 0. The average molecular weight is 473 g/mol. The Kier molecular flexibility index (Phi) is 6.55. The van der Waals surface area contributed by atoms with E-state index >= 15 is 0 Å². The molecule has 1 atom stereocenters. The van der Waals surface area contributed by atoms with Gasteiger partial charge in [-0.1, -0.05) is 42.5 Å². The highest BCUT2D eigenvalue weighted by molar-refractivity contribution is 5.89. The van der Waals surface area contributed by atoms with Gasteiger partial charge in [0.15, 0.2) is 0 Å². The molecule has 35 heavy (non-hydrogen) atoms. The highest BCUT2D eigenvalue weighted by Crippen LogP contribution is 2.36. The van der Waals surface area contributed by atoms with Crippen molar-refractivity contribution in [3.63, 3.8) is 0 Å². The number of amides is 1. The van der Waals surface area contributed by atoms with Crippen molar-refractivity contribution in [3.8, 4) is 5.75 Å². The molecular formula is C29H29FN2O3. The zero-order valence-electron chi connectivity index (χ0n) is 19.7. The lowest BCUT2D eigenvalue weighted by atomic mass is 9.73. The summed E-state index contributed by atoms with van der Waals surface area (Å²) in [7, 11) is 1.65. The molecule has 5 nitrogen and oxygen atoms in total. The zero-order chi connectivity index (χ0) is 24.3. The Bertz CT molecular complexity index is 1290. The highest BCUT2D eigenvalue weighted by atomic mass is 19.1. The number of ether oxygens (including phenoxy) is 2. The maximum Gasteiger partial charge on any atom is 0.230 e. The van der Waals surface area contributed by atoms with Gasteiger partial charge in [-0.05, 0) is 59.9 Å². The number of fused-ring (bicyclic) bond motifs is 1. The molecule has 1 amide bonds. The number of aromatic amines is 1. The van der Waals surface area contributed by atoms with Gasteiger partial charge in [-0.25, -0.2) is 4.39 Å². The molecule has 4 aromatic rings. The van der Waals surface area contributed by atoms with E-state index in [0.717, 1.165) is 33.3 Å². The number of halogens is 1. The molecule has 0 saturated carbocycles. The fraction of sp³-hybridized carbons (Fsp3) is 0.276. The summed E-state index contributed by atoms with van der Waals surface area (Å²) < 4.78 is 24.5. The third-order valence-electron chi connectivity index (χ3n) is 7.16. The minimum absolute atomic E-state index is 0.0502. The Morgan fingerprint density at radius 3 is 2.49 bits per heavy atom. The molecule has 6 heteroatoms. The van der Waals surface area contributed by atoms with E-state index in [4.69, 9.17) is 9.47 Å². The standard InChI is InChI=1S/C29H29FN2O3/c1-34-23-12-6-20(7-13-23)25(26-19-31-27-5-3-2-4-24(26)27)18-32-28(33)29(14-16-35-17-15-29)21-8-10-22(30)11-9-21/h2-13,19,25,31H,14-18H2,1H3,(H,32,33). The van der Waals surface area contributed by atoms with Gasteiger partial charge in [-0.2, -0.15) is 0 Å². The highest BCUT2D eigenvalue weighted by Gasteiger charge is 2.42. The lowest BCUT2D eigenvalue weighted by Gasteiger charge is -2.36. The monoisotopic (exact) mass is 472 g/mol. The summed E-state index contributed by atoms with van der Waals surface area (Å²) in [5, 5.41) is 4.38. The second-order valence-corrected chi connectivity index (χ2v) is 9.03. The molecule has 1 saturated heterocycles. The molecule has 1 aliphatic heterocycles. The zero-order valence-corrected chi connectivity index (χ0v) is 19.7. The maximum absolute atomic E-state index is 13.8. The van der Waals surface area contributed by atoms with Gasteiger partial charge in [0.1, 0.15) is 11.6 Å². The Balaban J connectivity index is 1.47. The number of hydrogen-bond donors (Lipinski definition) is 2. The van der Waals surface area contributed by atoms with Crippen molar-refractivity contribution in [2.75, 3.05) is 26.9 Å². The van der Waals surface area contributed by atoms with Crippen LogP contribution in [0.4, 0.5) is 4.39 Å². The fourth-order valence-electron chi connectivity index (χ4n) is 5.13. The van der Waals surface area contributed by atoms with Crippen LogP contribution in [0.2, 0.25) is 0 Å². The van der Waals surface area contributed by atoms with Crippen LogP contribution in [0.25, 0.3) is 10.9 Å². The first-order valence-corrected chi connectivity index (χ1v) is 11.9. The number of carbonyl (C=O) groups is 1. The Morgan fingerprint density at radius 2 is 1.77 bits per heavy atom. The van der Waals surface area contributed by atoms with Crippen LogP contribution in [0.3, 0.4) is 0 Å². The number of benzene rings is 3. The summed E-state index contributed by atoms with van der Waals surface area (Å²) in [4.78, 5) is 17.1. The number of hydrogen-bond acceptors (Lipinski definition) is 3. The van der Waals surface area contributed by atoms with Crippen molar-refractivity contribution >= 4 is 16.8 Å². The molecule has 0 radical (unpaired) electrons. The van der Waals surface area contributed by atoms with Crippen LogP contribution < -0.4 is 10.1 Å². The number of nitrogens with one attached hydrogen (secondary N) is 2. The molecule has 2 N–H and O–H groups in total. The van der Waals surface area contributed by atoms with Crippen LogP contribution in [0.15, 0.2) is 79.0 Å². The van der Waals surface area contributed by atoms with Gasteiger partial charge in [-0.3, -0.25) is 4.79 Å². The predicted octanol–water partition coefficient (Wildman–Crippen LogP) is 5.31. The van der Waals surface area contributed by atoms with Gasteiger partial charge in [-0.15, -0.1) is 0 Å². The molecule has 0 spiro atoms. The summed E-state index contributed by atoms with van der Waals surface area (Å²) in [6.07, 6.45) is 3.14. The summed E-state index contributed by atoms with van der Waals surface area (Å²) in [6, 6.07) is 22.4. The van der Waals surface area contributed by atoms with Gasteiger partial charge in [0, 0.05) is 42.8 Å². The minimum Gasteiger partial charge on any atom is -0.497 e. The van der Waals surface area contributed by atoms with Crippen molar-refractivity contribution in [2.45, 2.75) is 24.2 Å². The SMILES string of the molecule is COc1ccc(C(CNC(=O)C2(c3ccc(F)cc3)CCOCC2)c2c[nH]c3ccccc23)cc1. The number of carbonyl (C=O) groups excluding carboxylic acids is 1. The molecule has 180 valence electrons. The first-order chi connectivity index (χ1) is 17.1. The fourth-order valence-corrected chi connectivity index (χ4v) is 5.13. The van der Waals surface area contributed by atoms with E-state index in [1.807, 2.05) is 48.7 Å². The van der Waals surface area contributed by atoms with E-state index in [9.17, 15) is 9.18 Å². The largest absolute Gasteiger partial charge is 0.497 e. The lowest BCUT2D eigenvalue weighted by Crippen LogP contribution is -2.49. The van der Waals surface area contributed by atoms with E-state index in [-0.39, 0.29) is 17.6 Å². The molecule has 0 bridgehead atoms. The van der Waals surface area contributed by atoms with Crippen LogP contribution in [-0.4, -0.2) is 37.8 Å². The lowest BCUT2D eigenvalue weighted by molar-refractivity contribution is -0.130. The van der Waals surface area contributed by atoms with Crippen LogP contribution in [-0.2, 0) is 14.9 Å². The third-order valence-corrected chi connectivity index (χ3v) is 7.16. The van der Waals surface area contributed by atoms with E-state index in [1.54, 1.807) is 19.2 Å². The number of aromatic nitrogens is 1. The molecule has 1 unspecified atom stereocenters. The van der Waals surface area contributed by atoms with Gasteiger partial charge in [0.2, 0.25) is 5.91 Å². The average Bonchev–Trinajstić information content (AvgIpc) is 3.34. The third kappa shape index (κ3) is 4.54. The first kappa shape index (κ1) is 23.1. The quantitative estimate of drug-likeness (QED) is 0.383. The van der Waals surface area contributed by atoms with Crippen LogP contribution >= 0.6 is 0 Å². The van der Waals surface area contributed by atoms with Crippen molar-refractivity contribution in [1.29, 1.82) is 0 Å². The molecule has 0 aliphatic carbocycles. The molecule has 3 aromatic carbocycles. The van der Waals surface area contributed by atoms with E-state index in [1.165, 1.54) is 12.1 Å². The van der Waals surface area contributed by atoms with Crippen molar-refractivity contribution in [2.24, 2.45) is 0 Å². The van der Waals surface area contributed by atoms with Crippen LogP contribution in [0, 0.1) is 5.82 Å². The van der Waals surface area contributed by atoms with Crippen molar-refractivity contribution in [3.05, 3.63) is 102 Å². The molecule has 1 fully saturated rings. The number of rotatable bonds is 7. The summed E-state index contributed by atoms with van der Waals surface area (Å²) in [5.74, 6) is 0.361. The van der Waals surface area contributed by atoms with Crippen LogP contribution in [0.1, 0.15) is 35.4 Å². The van der Waals surface area contributed by atoms with Gasteiger partial charge in [0.25, 0.3) is 0 Å². The summed E-state index contributed by atoms with van der Waals surface area (Å²) in [5.41, 5.74) is 3.34. The first-order valence-electron chi connectivity index (χ1n) is 11.9. The molecule has 1 aliphatic rings. The normalized spacial score (nSPS) is 16.1. The van der Waals surface area contributed by atoms with Gasteiger partial charge >= 0.3 is 0 Å². The van der Waals surface area contributed by atoms with Gasteiger partial charge in [0.05, 0.1) is 12.5 Å². The minimum atomic E-state index is -0.739. The molecule has 1 aromatic heterocycles. The molecule has 5 rings (SSSR count). The van der Waals surface area contributed by atoms with Crippen LogP contribution in [0.5, 0.6) is 5.75 Å². The van der Waals surface area contributed by atoms with E-state index < -0.39 is 5.41 Å². The Morgan fingerprint density at radius 1 is 1.06 bits per heavy atom. The molecular weight excluding hydrogens is 443 g/mol. The van der Waals surface area contributed by atoms with E-state index in [0.29, 0.717) is 32.6 Å². The molecule has 2 heterocycles. The number of methoxy groups -OCH3 is 1. The number of para-hydroxylation sites is 1. The van der Waals surface area contributed by atoms with E-state index in [2.05, 4.69) is 16.4 Å². The predicted molar refractivity (Wildman–Crippen MR) is 134 cm³/mol. The van der Waals surface area contributed by atoms with Gasteiger partial charge < -0.3 is 19.8 Å². The van der Waals surface area contributed by atoms with Crippen molar-refractivity contribution in [1.82, 2.24) is 10.3 Å². The topological polar surface area (TPSA) is 63.4 Å². The Labute approximate surface area is 204 Å². The van der Waals surface area contributed by atoms with Crippen molar-refractivity contribution < 1.29 is 18.7 Å². The second-order valence-electron chi connectivity index (χ2n) is 9.03.